The van der Waals surface area contributed by atoms with E-state index in [-0.39, 0.29) is 0 Å². The van der Waals surface area contributed by atoms with Crippen LogP contribution in [0.3, 0.4) is 0 Å². The van der Waals surface area contributed by atoms with E-state index in [1.807, 2.05) is 0 Å². The van der Waals surface area contributed by atoms with Crippen molar-refractivity contribution < 1.29 is 14.4 Å². The summed E-state index contributed by atoms with van der Waals surface area (Å²) in [6, 6.07) is 0. The van der Waals surface area contributed by atoms with Crippen LogP contribution in [0, 0.1) is 5.92 Å². The molecule has 0 bridgehead atoms. The first kappa shape index (κ1) is 13.9. The SMILES string of the molecule is CCCCC(CC)CC=CP(=O)(O)O. The highest BCUT2D eigenvalue weighted by Crippen LogP contribution is 2.36. The highest BCUT2D eigenvalue weighted by molar-refractivity contribution is 7.55. The summed E-state index contributed by atoms with van der Waals surface area (Å²) < 4.78 is 10.5. The molecule has 0 radical (unpaired) electrons. The Balaban J connectivity index is 3.83. The fourth-order valence-corrected chi connectivity index (χ4v) is 1.77. The van der Waals surface area contributed by atoms with Gasteiger partial charge >= 0.3 is 7.60 Å². The summed E-state index contributed by atoms with van der Waals surface area (Å²) in [5.74, 6) is 1.58. The maximum atomic E-state index is 10.5. The van der Waals surface area contributed by atoms with Crippen molar-refractivity contribution in [1.29, 1.82) is 0 Å². The molecule has 0 heterocycles. The summed E-state index contributed by atoms with van der Waals surface area (Å²) in [6.07, 6.45) is 7.00. The predicted molar refractivity (Wildman–Crippen MR) is 59.1 cm³/mol. The molecule has 84 valence electrons. The first-order valence-electron chi connectivity index (χ1n) is 5.22. The van der Waals surface area contributed by atoms with Crippen molar-refractivity contribution in [3.05, 3.63) is 11.9 Å². The molecule has 0 saturated carbocycles. The molecular formula is C10H21O3P. The van der Waals surface area contributed by atoms with Crippen molar-refractivity contribution in [2.45, 2.75) is 46.0 Å². The second-order valence-electron chi connectivity index (χ2n) is 3.63. The molecule has 0 aliphatic heterocycles. The van der Waals surface area contributed by atoms with E-state index in [4.69, 9.17) is 9.79 Å². The van der Waals surface area contributed by atoms with Crippen LogP contribution in [0.4, 0.5) is 0 Å². The summed E-state index contributed by atoms with van der Waals surface area (Å²) in [6.45, 7) is 4.27. The van der Waals surface area contributed by atoms with Crippen LogP contribution in [0.15, 0.2) is 11.9 Å². The van der Waals surface area contributed by atoms with Gasteiger partial charge in [-0.1, -0.05) is 45.6 Å². The molecule has 1 atom stereocenters. The highest BCUT2D eigenvalue weighted by Gasteiger charge is 2.07. The van der Waals surface area contributed by atoms with Crippen LogP contribution >= 0.6 is 7.60 Å². The average Bonchev–Trinajstić information content (AvgIpc) is 2.09. The van der Waals surface area contributed by atoms with Gasteiger partial charge in [0.15, 0.2) is 0 Å². The minimum atomic E-state index is -3.94. The monoisotopic (exact) mass is 220 g/mol. The third-order valence-corrected chi connectivity index (χ3v) is 2.91. The van der Waals surface area contributed by atoms with Crippen LogP contribution in [0.2, 0.25) is 0 Å². The van der Waals surface area contributed by atoms with Crippen LogP contribution in [0.1, 0.15) is 46.0 Å². The minimum absolute atomic E-state index is 0.567. The molecule has 0 aromatic carbocycles. The first-order valence-corrected chi connectivity index (χ1v) is 6.90. The third-order valence-electron chi connectivity index (χ3n) is 2.31. The molecule has 0 saturated heterocycles. The number of hydrogen-bond donors (Lipinski definition) is 2. The molecule has 3 nitrogen and oxygen atoms in total. The van der Waals surface area contributed by atoms with Gasteiger partial charge in [0.05, 0.1) is 0 Å². The molecule has 1 unspecified atom stereocenters. The summed E-state index contributed by atoms with van der Waals surface area (Å²) in [5.41, 5.74) is 0. The standard InChI is InChI=1S/C10H21O3P/c1-3-5-7-10(4-2)8-6-9-14(11,12)13/h6,9-10H,3-5,7-8H2,1-2H3,(H2,11,12,13). The first-order chi connectivity index (χ1) is 6.49. The van der Waals surface area contributed by atoms with Gasteiger partial charge in [-0.2, -0.15) is 0 Å². The fourth-order valence-electron chi connectivity index (χ4n) is 1.37. The zero-order chi connectivity index (χ0) is 11.0. The number of hydrogen-bond acceptors (Lipinski definition) is 1. The van der Waals surface area contributed by atoms with Crippen molar-refractivity contribution in [2.24, 2.45) is 5.92 Å². The summed E-state index contributed by atoms with van der Waals surface area (Å²) >= 11 is 0. The Bertz CT molecular complexity index is 207. The zero-order valence-corrected chi connectivity index (χ0v) is 9.91. The van der Waals surface area contributed by atoms with Crippen molar-refractivity contribution in [3.63, 3.8) is 0 Å². The fraction of sp³-hybridized carbons (Fsp3) is 0.800. The van der Waals surface area contributed by atoms with Gasteiger partial charge in [-0.05, 0) is 12.3 Å². The minimum Gasteiger partial charge on any atom is -0.321 e. The van der Waals surface area contributed by atoms with E-state index in [1.54, 1.807) is 6.08 Å². The molecule has 14 heavy (non-hydrogen) atoms. The molecule has 0 aromatic heterocycles. The molecule has 0 aliphatic rings. The van der Waals surface area contributed by atoms with Crippen LogP contribution in [0.25, 0.3) is 0 Å². The largest absolute Gasteiger partial charge is 0.348 e. The Morgan fingerprint density at radius 2 is 2.00 bits per heavy atom. The second-order valence-corrected chi connectivity index (χ2v) is 5.10. The lowest BCUT2D eigenvalue weighted by Crippen LogP contribution is -1.96. The predicted octanol–water partition coefficient (Wildman–Crippen LogP) is 3.28. The van der Waals surface area contributed by atoms with Crippen molar-refractivity contribution in [2.75, 3.05) is 0 Å². The van der Waals surface area contributed by atoms with E-state index in [1.165, 1.54) is 12.8 Å². The third kappa shape index (κ3) is 8.49. The number of allylic oxidation sites excluding steroid dienone is 1. The van der Waals surface area contributed by atoms with Gasteiger partial charge in [0.1, 0.15) is 0 Å². The van der Waals surface area contributed by atoms with Gasteiger partial charge in [0, 0.05) is 5.82 Å². The van der Waals surface area contributed by atoms with Gasteiger partial charge in [0.25, 0.3) is 0 Å². The van der Waals surface area contributed by atoms with E-state index < -0.39 is 7.60 Å². The van der Waals surface area contributed by atoms with Gasteiger partial charge < -0.3 is 9.79 Å². The smallest absolute Gasteiger partial charge is 0.321 e. The molecule has 0 spiro atoms. The Hall–Kier alpha value is -0.110. The Labute approximate surface area is 86.4 Å². The number of rotatable bonds is 7. The molecule has 0 fully saturated rings. The number of unbranched alkanes of at least 4 members (excludes halogenated alkanes) is 1. The lowest BCUT2D eigenvalue weighted by atomic mass is 9.96. The van der Waals surface area contributed by atoms with Gasteiger partial charge in [-0.25, -0.2) is 0 Å². The highest BCUT2D eigenvalue weighted by atomic mass is 31.2. The Morgan fingerprint density at radius 1 is 1.36 bits per heavy atom. The van der Waals surface area contributed by atoms with Crippen LogP contribution in [0.5, 0.6) is 0 Å². The van der Waals surface area contributed by atoms with Gasteiger partial charge in [-0.15, -0.1) is 0 Å². The van der Waals surface area contributed by atoms with Crippen molar-refractivity contribution in [3.8, 4) is 0 Å². The molecule has 0 amide bonds. The Kier molecular flexibility index (Phi) is 7.16. The molecule has 2 N–H and O–H groups in total. The molecule has 0 rings (SSSR count). The van der Waals surface area contributed by atoms with Gasteiger partial charge in [0.2, 0.25) is 0 Å². The molecule has 0 aromatic rings. The normalized spacial score (nSPS) is 14.9. The summed E-state index contributed by atoms with van der Waals surface area (Å²) in [4.78, 5) is 17.2. The molecule has 0 aliphatic carbocycles. The van der Waals surface area contributed by atoms with E-state index in [0.717, 1.165) is 25.1 Å². The van der Waals surface area contributed by atoms with E-state index in [2.05, 4.69) is 13.8 Å². The van der Waals surface area contributed by atoms with Gasteiger partial charge in [-0.3, -0.25) is 4.57 Å². The maximum Gasteiger partial charge on any atom is 0.348 e. The van der Waals surface area contributed by atoms with E-state index >= 15 is 0 Å². The van der Waals surface area contributed by atoms with Crippen molar-refractivity contribution >= 4 is 7.60 Å². The van der Waals surface area contributed by atoms with E-state index in [9.17, 15) is 4.57 Å². The van der Waals surface area contributed by atoms with E-state index in [0.29, 0.717) is 5.92 Å². The summed E-state index contributed by atoms with van der Waals surface area (Å²) in [5, 5.41) is 0. The average molecular weight is 220 g/mol. The quantitative estimate of drug-likeness (QED) is 0.647. The van der Waals surface area contributed by atoms with Crippen LogP contribution in [-0.2, 0) is 4.57 Å². The lowest BCUT2D eigenvalue weighted by molar-refractivity contribution is 0.385. The zero-order valence-electron chi connectivity index (χ0n) is 9.02. The summed E-state index contributed by atoms with van der Waals surface area (Å²) in [7, 11) is -3.94. The maximum absolute atomic E-state index is 10.5. The van der Waals surface area contributed by atoms with Crippen molar-refractivity contribution in [1.82, 2.24) is 0 Å². The van der Waals surface area contributed by atoms with Crippen LogP contribution in [-0.4, -0.2) is 9.79 Å². The molecule has 4 heteroatoms. The molecular weight excluding hydrogens is 199 g/mol. The second kappa shape index (κ2) is 7.22. The lowest BCUT2D eigenvalue weighted by Gasteiger charge is -2.11. The Morgan fingerprint density at radius 3 is 2.43 bits per heavy atom. The topological polar surface area (TPSA) is 57.5 Å². The van der Waals surface area contributed by atoms with Crippen LogP contribution < -0.4 is 0 Å².